The van der Waals surface area contributed by atoms with Crippen LogP contribution >= 0.6 is 0 Å². The third kappa shape index (κ3) is 5.28. The Hall–Kier alpha value is -3.57. The standard InChI is InChI=1S/C25H31F2N7O3/c1-15-20(34-11-17(9-22(35)36)10-25(26,27)14-34)7-6-19(28-15)23-21(32(3)30-29-23)13-33-12-18(8-16-4-5-16)31(2)24(33)37/h6-7,12,16-17H,4-5,8-11,13-14H2,1-3H3,(H,35,36). The van der Waals surface area contributed by atoms with Crippen molar-refractivity contribution in [2.45, 2.75) is 51.5 Å². The quantitative estimate of drug-likeness (QED) is 0.491. The summed E-state index contributed by atoms with van der Waals surface area (Å²) in [5.41, 5.74) is 3.71. The van der Waals surface area contributed by atoms with Crippen molar-refractivity contribution >= 4 is 11.7 Å². The number of hydrogen-bond donors (Lipinski definition) is 1. The van der Waals surface area contributed by atoms with E-state index in [9.17, 15) is 18.4 Å². The van der Waals surface area contributed by atoms with Gasteiger partial charge in [0.05, 0.1) is 42.3 Å². The van der Waals surface area contributed by atoms with Crippen LogP contribution in [-0.2, 0) is 31.9 Å². The van der Waals surface area contributed by atoms with Crippen molar-refractivity contribution in [3.05, 3.63) is 45.9 Å². The van der Waals surface area contributed by atoms with E-state index in [4.69, 9.17) is 5.11 Å². The molecule has 0 spiro atoms. The van der Waals surface area contributed by atoms with E-state index in [-0.39, 0.29) is 25.2 Å². The Morgan fingerprint density at radius 1 is 1.22 bits per heavy atom. The summed E-state index contributed by atoms with van der Waals surface area (Å²) in [7, 11) is 3.54. The summed E-state index contributed by atoms with van der Waals surface area (Å²) >= 11 is 0. The normalized spacial score (nSPS) is 19.4. The SMILES string of the molecule is Cc1nc(-c2nnn(C)c2Cn2cc(CC3CC3)n(C)c2=O)ccc1N1CC(CC(=O)O)CC(F)(F)C1. The molecule has 1 aliphatic carbocycles. The third-order valence-corrected chi connectivity index (χ3v) is 7.32. The summed E-state index contributed by atoms with van der Waals surface area (Å²) < 4.78 is 33.8. The molecule has 1 saturated heterocycles. The number of nitrogens with zero attached hydrogens (tertiary/aromatic N) is 7. The van der Waals surface area contributed by atoms with Crippen LogP contribution in [0.25, 0.3) is 11.4 Å². The zero-order chi connectivity index (χ0) is 26.5. The van der Waals surface area contributed by atoms with Gasteiger partial charge >= 0.3 is 11.7 Å². The lowest BCUT2D eigenvalue weighted by Gasteiger charge is -2.39. The molecule has 3 aromatic rings. The highest BCUT2D eigenvalue weighted by atomic mass is 19.3. The first-order valence-electron chi connectivity index (χ1n) is 12.5. The van der Waals surface area contributed by atoms with Crippen molar-refractivity contribution in [2.24, 2.45) is 25.9 Å². The van der Waals surface area contributed by atoms with Gasteiger partial charge in [-0.1, -0.05) is 5.21 Å². The fraction of sp³-hybridized carbons (Fsp3) is 0.560. The molecule has 5 rings (SSSR count). The molecule has 3 aromatic heterocycles. The first kappa shape index (κ1) is 25.1. The molecule has 4 heterocycles. The minimum atomic E-state index is -2.98. The van der Waals surface area contributed by atoms with Crippen molar-refractivity contribution in [3.8, 4) is 11.4 Å². The number of rotatable bonds is 8. The Morgan fingerprint density at radius 2 is 1.97 bits per heavy atom. The fourth-order valence-electron chi connectivity index (χ4n) is 5.27. The predicted octanol–water partition coefficient (Wildman–Crippen LogP) is 2.62. The number of aliphatic carboxylic acids is 1. The summed E-state index contributed by atoms with van der Waals surface area (Å²) in [5, 5.41) is 17.5. The van der Waals surface area contributed by atoms with Gasteiger partial charge in [-0.25, -0.2) is 23.2 Å². The molecule has 0 radical (unpaired) electrons. The van der Waals surface area contributed by atoms with Gasteiger partial charge in [0.25, 0.3) is 5.92 Å². The molecule has 37 heavy (non-hydrogen) atoms. The van der Waals surface area contributed by atoms with E-state index in [1.165, 1.54) is 17.7 Å². The molecule has 2 fully saturated rings. The number of carboxylic acid groups (broad SMARTS) is 1. The summed E-state index contributed by atoms with van der Waals surface area (Å²) in [6, 6.07) is 3.43. The Morgan fingerprint density at radius 3 is 2.65 bits per heavy atom. The van der Waals surface area contributed by atoms with Crippen LogP contribution in [0.1, 0.15) is 42.8 Å². The maximum Gasteiger partial charge on any atom is 0.328 e. The van der Waals surface area contributed by atoms with Crippen molar-refractivity contribution in [1.82, 2.24) is 29.1 Å². The number of halogens is 2. The number of carbonyl (C=O) groups is 1. The molecule has 12 heteroatoms. The maximum atomic E-state index is 14.4. The highest BCUT2D eigenvalue weighted by Crippen LogP contribution is 2.36. The highest BCUT2D eigenvalue weighted by Gasteiger charge is 2.41. The van der Waals surface area contributed by atoms with Crippen molar-refractivity contribution in [3.63, 3.8) is 0 Å². The van der Waals surface area contributed by atoms with Crippen LogP contribution in [0.3, 0.4) is 0 Å². The summed E-state index contributed by atoms with van der Waals surface area (Å²) in [6.07, 6.45) is 4.44. The van der Waals surface area contributed by atoms with Crippen LogP contribution in [-0.4, -0.2) is 59.2 Å². The Balaban J connectivity index is 1.41. The number of pyridine rings is 1. The van der Waals surface area contributed by atoms with Gasteiger partial charge in [0.15, 0.2) is 0 Å². The lowest BCUT2D eigenvalue weighted by atomic mass is 9.92. The van der Waals surface area contributed by atoms with E-state index < -0.39 is 30.8 Å². The van der Waals surface area contributed by atoms with E-state index >= 15 is 0 Å². The molecule has 1 saturated carbocycles. The molecular formula is C25H31F2N7O3. The van der Waals surface area contributed by atoms with Crippen LogP contribution in [0.15, 0.2) is 23.1 Å². The summed E-state index contributed by atoms with van der Waals surface area (Å²) in [6.45, 7) is 1.75. The van der Waals surface area contributed by atoms with E-state index in [1.807, 2.05) is 6.20 Å². The zero-order valence-corrected chi connectivity index (χ0v) is 21.2. The van der Waals surface area contributed by atoms with Gasteiger partial charge in [-0.15, -0.1) is 5.10 Å². The molecule has 0 amide bonds. The monoisotopic (exact) mass is 515 g/mol. The number of piperidine rings is 1. The minimum absolute atomic E-state index is 0.107. The smallest absolute Gasteiger partial charge is 0.328 e. The van der Waals surface area contributed by atoms with E-state index in [2.05, 4.69) is 15.3 Å². The number of hydrogen-bond acceptors (Lipinski definition) is 6. The predicted molar refractivity (Wildman–Crippen MR) is 132 cm³/mol. The first-order chi connectivity index (χ1) is 17.5. The second-order valence-electron chi connectivity index (χ2n) is 10.5. The largest absolute Gasteiger partial charge is 0.481 e. The van der Waals surface area contributed by atoms with Gasteiger partial charge < -0.3 is 10.0 Å². The van der Waals surface area contributed by atoms with Crippen LogP contribution < -0.4 is 10.6 Å². The van der Waals surface area contributed by atoms with Gasteiger partial charge in [0, 0.05) is 39.0 Å². The van der Waals surface area contributed by atoms with Crippen molar-refractivity contribution < 1.29 is 18.7 Å². The zero-order valence-electron chi connectivity index (χ0n) is 21.2. The molecule has 1 unspecified atom stereocenters. The van der Waals surface area contributed by atoms with E-state index in [0.29, 0.717) is 34.4 Å². The second kappa shape index (κ2) is 9.38. The number of imidazole rings is 1. The van der Waals surface area contributed by atoms with Crippen LogP contribution in [0.5, 0.6) is 0 Å². The maximum absolute atomic E-state index is 14.4. The van der Waals surface area contributed by atoms with Gasteiger partial charge in [0.2, 0.25) is 0 Å². The molecule has 1 atom stereocenters. The first-order valence-corrected chi connectivity index (χ1v) is 12.5. The average molecular weight is 516 g/mol. The van der Waals surface area contributed by atoms with Crippen molar-refractivity contribution in [1.29, 1.82) is 0 Å². The molecule has 10 nitrogen and oxygen atoms in total. The number of aryl methyl sites for hydroxylation is 2. The molecule has 0 aromatic carbocycles. The van der Waals surface area contributed by atoms with Gasteiger partial charge in [-0.2, -0.15) is 0 Å². The molecule has 1 N–H and O–H groups in total. The molecule has 0 bridgehead atoms. The number of carboxylic acids is 1. The van der Waals surface area contributed by atoms with Crippen molar-refractivity contribution in [2.75, 3.05) is 18.0 Å². The van der Waals surface area contributed by atoms with E-state index in [0.717, 1.165) is 12.1 Å². The topological polar surface area (TPSA) is 111 Å². The van der Waals surface area contributed by atoms with Gasteiger partial charge in [0.1, 0.15) is 5.69 Å². The molecule has 198 valence electrons. The minimum Gasteiger partial charge on any atom is -0.481 e. The lowest BCUT2D eigenvalue weighted by molar-refractivity contribution is -0.139. The Bertz CT molecular complexity index is 1390. The number of alkyl halides is 2. The Labute approximate surface area is 212 Å². The third-order valence-electron chi connectivity index (χ3n) is 7.32. The number of anilines is 1. The Kier molecular flexibility index (Phi) is 6.36. The van der Waals surface area contributed by atoms with Crippen LogP contribution in [0, 0.1) is 18.8 Å². The molecular weight excluding hydrogens is 484 g/mol. The fourth-order valence-corrected chi connectivity index (χ4v) is 5.27. The van der Waals surface area contributed by atoms with Gasteiger partial charge in [-0.05, 0) is 50.2 Å². The highest BCUT2D eigenvalue weighted by molar-refractivity contribution is 5.67. The second-order valence-corrected chi connectivity index (χ2v) is 10.5. The summed E-state index contributed by atoms with van der Waals surface area (Å²) in [4.78, 5) is 30.2. The lowest BCUT2D eigenvalue weighted by Crippen LogP contribution is -2.48. The van der Waals surface area contributed by atoms with Crippen LogP contribution in [0.4, 0.5) is 14.5 Å². The summed E-state index contributed by atoms with van der Waals surface area (Å²) in [5.74, 6) is -4.07. The van der Waals surface area contributed by atoms with Gasteiger partial charge in [-0.3, -0.25) is 13.9 Å². The number of aromatic nitrogens is 6. The van der Waals surface area contributed by atoms with Crippen LogP contribution in [0.2, 0.25) is 0 Å². The average Bonchev–Trinajstić information content (AvgIpc) is 3.50. The molecule has 2 aliphatic rings. The molecule has 1 aliphatic heterocycles. The van der Waals surface area contributed by atoms with E-state index in [1.54, 1.807) is 47.0 Å².